The molecule has 3 nitrogen and oxygen atoms in total. The van der Waals surface area contributed by atoms with Crippen LogP contribution in [0.2, 0.25) is 0 Å². The number of nitrogens with one attached hydrogen (secondary N) is 1. The molecular weight excluding hydrogens is 278 g/mol. The predicted molar refractivity (Wildman–Crippen MR) is 90.1 cm³/mol. The fourth-order valence-electron chi connectivity index (χ4n) is 2.88. The lowest BCUT2D eigenvalue weighted by Gasteiger charge is -2.20. The molecule has 1 aliphatic carbocycles. The fraction of sp³-hybridized carbons (Fsp3) is 0.471. The summed E-state index contributed by atoms with van der Waals surface area (Å²) in [7, 11) is 4.17. The first-order valence-corrected chi connectivity index (χ1v) is 8.42. The number of benzene rings is 1. The summed E-state index contributed by atoms with van der Waals surface area (Å²) in [5.74, 6) is 0. The number of rotatable bonds is 4. The minimum absolute atomic E-state index is 0.437. The number of aryl methyl sites for hydroxylation is 2. The molecule has 0 saturated heterocycles. The molecule has 3 rings (SSSR count). The van der Waals surface area contributed by atoms with E-state index < -0.39 is 0 Å². The van der Waals surface area contributed by atoms with Crippen molar-refractivity contribution in [2.24, 2.45) is 0 Å². The first-order chi connectivity index (χ1) is 10.2. The van der Waals surface area contributed by atoms with Gasteiger partial charge in [-0.25, -0.2) is 4.98 Å². The second kappa shape index (κ2) is 6.16. The van der Waals surface area contributed by atoms with Gasteiger partial charge in [0.1, 0.15) is 0 Å². The van der Waals surface area contributed by atoms with Gasteiger partial charge in [0.05, 0.1) is 11.7 Å². The average molecular weight is 301 g/mol. The zero-order valence-electron chi connectivity index (χ0n) is 13.0. The second-order valence-electron chi connectivity index (χ2n) is 5.88. The molecule has 0 saturated carbocycles. The Morgan fingerprint density at radius 2 is 2.10 bits per heavy atom. The van der Waals surface area contributed by atoms with Crippen LogP contribution in [0.3, 0.4) is 0 Å². The average Bonchev–Trinajstić information content (AvgIpc) is 2.93. The van der Waals surface area contributed by atoms with Crippen LogP contribution in [-0.2, 0) is 13.0 Å². The summed E-state index contributed by atoms with van der Waals surface area (Å²) in [5, 5.41) is 4.54. The second-order valence-corrected chi connectivity index (χ2v) is 6.94. The highest BCUT2D eigenvalue weighted by Gasteiger charge is 2.24. The van der Waals surface area contributed by atoms with E-state index in [1.54, 1.807) is 0 Å². The number of thiazole rings is 1. The highest BCUT2D eigenvalue weighted by molar-refractivity contribution is 7.15. The normalized spacial score (nSPS) is 17.6. The van der Waals surface area contributed by atoms with Crippen molar-refractivity contribution in [3.05, 3.63) is 46.0 Å². The molecule has 0 fully saturated rings. The summed E-state index contributed by atoms with van der Waals surface area (Å²) >= 11 is 1.86. The molecule has 1 atom stereocenters. The third-order valence-electron chi connectivity index (χ3n) is 4.16. The van der Waals surface area contributed by atoms with Gasteiger partial charge in [-0.15, -0.1) is 11.3 Å². The SMILES string of the molecule is CNC1CCCc2sc(N(C)Cc3ccc(C)cc3)nc21. The standard InChI is InChI=1S/C17H23N3S/c1-12-7-9-13(10-8-12)11-20(3)17-19-16-14(18-2)5-4-6-15(16)21-17/h7-10,14,18H,4-6,11H2,1-3H3. The van der Waals surface area contributed by atoms with Crippen molar-refractivity contribution in [2.75, 3.05) is 19.0 Å². The Morgan fingerprint density at radius 3 is 2.81 bits per heavy atom. The molecule has 0 bridgehead atoms. The topological polar surface area (TPSA) is 28.2 Å². The van der Waals surface area contributed by atoms with Crippen LogP contribution in [0, 0.1) is 6.92 Å². The monoisotopic (exact) mass is 301 g/mol. The summed E-state index contributed by atoms with van der Waals surface area (Å²) < 4.78 is 0. The Balaban J connectivity index is 1.77. The lowest BCUT2D eigenvalue weighted by Crippen LogP contribution is -2.21. The number of nitrogens with zero attached hydrogens (tertiary/aromatic N) is 2. The molecule has 1 N–H and O–H groups in total. The molecule has 21 heavy (non-hydrogen) atoms. The maximum Gasteiger partial charge on any atom is 0.185 e. The molecular formula is C17H23N3S. The fourth-order valence-corrected chi connectivity index (χ4v) is 4.01. The van der Waals surface area contributed by atoms with Crippen LogP contribution in [0.1, 0.15) is 40.6 Å². The van der Waals surface area contributed by atoms with Crippen molar-refractivity contribution in [3.63, 3.8) is 0 Å². The van der Waals surface area contributed by atoms with Crippen molar-refractivity contribution in [1.29, 1.82) is 0 Å². The largest absolute Gasteiger partial charge is 0.347 e. The molecule has 0 radical (unpaired) electrons. The van der Waals surface area contributed by atoms with Gasteiger partial charge in [0.15, 0.2) is 5.13 Å². The van der Waals surface area contributed by atoms with Gasteiger partial charge in [-0.1, -0.05) is 29.8 Å². The van der Waals surface area contributed by atoms with E-state index in [4.69, 9.17) is 4.98 Å². The Bertz CT molecular complexity index is 603. The van der Waals surface area contributed by atoms with E-state index in [-0.39, 0.29) is 0 Å². The Kier molecular flexibility index (Phi) is 4.27. The zero-order valence-corrected chi connectivity index (χ0v) is 13.8. The molecule has 0 spiro atoms. The van der Waals surface area contributed by atoms with E-state index in [0.717, 1.165) is 11.7 Å². The predicted octanol–water partition coefficient (Wildman–Crippen LogP) is 3.68. The van der Waals surface area contributed by atoms with Crippen LogP contribution in [-0.4, -0.2) is 19.1 Å². The van der Waals surface area contributed by atoms with Gasteiger partial charge < -0.3 is 10.2 Å². The minimum atomic E-state index is 0.437. The number of aromatic nitrogens is 1. The summed E-state index contributed by atoms with van der Waals surface area (Å²) in [6.45, 7) is 3.04. The van der Waals surface area contributed by atoms with Gasteiger partial charge in [0.25, 0.3) is 0 Å². The quantitative estimate of drug-likeness (QED) is 0.933. The number of anilines is 1. The van der Waals surface area contributed by atoms with Gasteiger partial charge in [-0.2, -0.15) is 0 Å². The van der Waals surface area contributed by atoms with E-state index in [2.05, 4.69) is 48.5 Å². The molecule has 2 aromatic rings. The summed E-state index contributed by atoms with van der Waals surface area (Å²) in [6, 6.07) is 9.19. The van der Waals surface area contributed by atoms with Gasteiger partial charge in [-0.3, -0.25) is 0 Å². The highest BCUT2D eigenvalue weighted by atomic mass is 32.1. The summed E-state index contributed by atoms with van der Waals surface area (Å²) in [4.78, 5) is 8.63. The maximum atomic E-state index is 4.90. The van der Waals surface area contributed by atoms with E-state index >= 15 is 0 Å². The summed E-state index contributed by atoms with van der Waals surface area (Å²) in [6.07, 6.45) is 3.65. The highest BCUT2D eigenvalue weighted by Crippen LogP contribution is 2.36. The van der Waals surface area contributed by atoms with Crippen molar-refractivity contribution in [3.8, 4) is 0 Å². The molecule has 1 heterocycles. The van der Waals surface area contributed by atoms with Crippen molar-refractivity contribution < 1.29 is 0 Å². The Morgan fingerprint density at radius 1 is 1.33 bits per heavy atom. The third-order valence-corrected chi connectivity index (χ3v) is 5.40. The van der Waals surface area contributed by atoms with Gasteiger partial charge in [-0.05, 0) is 38.8 Å². The van der Waals surface area contributed by atoms with E-state index in [0.29, 0.717) is 6.04 Å². The van der Waals surface area contributed by atoms with Crippen molar-refractivity contribution >= 4 is 16.5 Å². The number of hydrogen-bond donors (Lipinski definition) is 1. The Labute approximate surface area is 131 Å². The summed E-state index contributed by atoms with van der Waals surface area (Å²) in [5.41, 5.74) is 3.92. The molecule has 0 amide bonds. The van der Waals surface area contributed by atoms with Crippen LogP contribution in [0.15, 0.2) is 24.3 Å². The lowest BCUT2D eigenvalue weighted by molar-refractivity contribution is 0.490. The van der Waals surface area contributed by atoms with Crippen LogP contribution >= 0.6 is 11.3 Å². The first-order valence-electron chi connectivity index (χ1n) is 7.61. The number of hydrogen-bond acceptors (Lipinski definition) is 4. The van der Waals surface area contributed by atoms with Gasteiger partial charge in [0.2, 0.25) is 0 Å². The molecule has 1 aromatic heterocycles. The van der Waals surface area contributed by atoms with E-state index in [9.17, 15) is 0 Å². The van der Waals surface area contributed by atoms with E-state index in [1.807, 2.05) is 18.4 Å². The first kappa shape index (κ1) is 14.5. The molecule has 4 heteroatoms. The lowest BCUT2D eigenvalue weighted by atomic mass is 9.98. The molecule has 0 aliphatic heterocycles. The molecule has 1 aliphatic rings. The van der Waals surface area contributed by atoms with Crippen molar-refractivity contribution in [1.82, 2.24) is 10.3 Å². The van der Waals surface area contributed by atoms with Crippen LogP contribution < -0.4 is 10.2 Å². The van der Waals surface area contributed by atoms with Gasteiger partial charge in [0, 0.05) is 18.5 Å². The molecule has 1 aromatic carbocycles. The molecule has 1 unspecified atom stereocenters. The van der Waals surface area contributed by atoms with E-state index in [1.165, 1.54) is 41.0 Å². The zero-order chi connectivity index (χ0) is 14.8. The minimum Gasteiger partial charge on any atom is -0.347 e. The van der Waals surface area contributed by atoms with Gasteiger partial charge >= 0.3 is 0 Å². The van der Waals surface area contributed by atoms with Crippen molar-refractivity contribution in [2.45, 2.75) is 38.8 Å². The molecule has 112 valence electrons. The smallest absolute Gasteiger partial charge is 0.185 e. The van der Waals surface area contributed by atoms with Crippen LogP contribution in [0.4, 0.5) is 5.13 Å². The maximum absolute atomic E-state index is 4.90. The third kappa shape index (κ3) is 3.11. The van der Waals surface area contributed by atoms with Crippen LogP contribution in [0.25, 0.3) is 0 Å². The Hall–Kier alpha value is -1.39. The number of fused-ring (bicyclic) bond motifs is 1. The van der Waals surface area contributed by atoms with Crippen LogP contribution in [0.5, 0.6) is 0 Å².